The number of halogens is 3. The molecule has 0 aliphatic carbocycles. The molecule has 0 saturated heterocycles. The van der Waals surface area contributed by atoms with Gasteiger partial charge in [-0.2, -0.15) is 13.2 Å². The Hall–Kier alpha value is -1.47. The molecule has 7 heteroatoms. The highest BCUT2D eigenvalue weighted by Crippen LogP contribution is 2.29. The molecule has 108 valence electrons. The highest BCUT2D eigenvalue weighted by Gasteiger charge is 2.27. The van der Waals surface area contributed by atoms with Gasteiger partial charge in [0.25, 0.3) is 0 Å². The Morgan fingerprint density at radius 3 is 2.53 bits per heavy atom. The predicted octanol–water partition coefficient (Wildman–Crippen LogP) is 2.66. The molecule has 0 aliphatic rings. The summed E-state index contributed by atoms with van der Waals surface area (Å²) in [5, 5.41) is 9.51. The largest absolute Gasteiger partial charge is 0.497 e. The fraction of sp³-hybridized carbons (Fsp3) is 0.500. The number of methoxy groups -OCH3 is 1. The number of aliphatic hydroxyl groups excluding tert-OH is 1. The number of hydrogen-bond donors (Lipinski definition) is 1. The lowest BCUT2D eigenvalue weighted by Gasteiger charge is -2.15. The number of rotatable bonds is 6. The van der Waals surface area contributed by atoms with Crippen molar-refractivity contribution in [2.45, 2.75) is 19.2 Å². The van der Waals surface area contributed by atoms with E-state index in [0.29, 0.717) is 11.3 Å². The summed E-state index contributed by atoms with van der Waals surface area (Å²) in [5.41, 5.74) is 0.441. The summed E-state index contributed by atoms with van der Waals surface area (Å²) in [5.74, 6) is 0.687. The summed E-state index contributed by atoms with van der Waals surface area (Å²) in [6, 6.07) is 4.66. The quantitative estimate of drug-likeness (QED) is 0.643. The van der Waals surface area contributed by atoms with E-state index in [1.165, 1.54) is 20.1 Å². The highest BCUT2D eigenvalue weighted by atomic mass is 19.4. The fourth-order valence-electron chi connectivity index (χ4n) is 1.37. The molecule has 1 rings (SSSR count). The lowest BCUT2D eigenvalue weighted by Crippen LogP contribution is -2.19. The van der Waals surface area contributed by atoms with E-state index in [-0.39, 0.29) is 5.75 Å². The predicted molar refractivity (Wildman–Crippen MR) is 61.1 cm³/mol. The van der Waals surface area contributed by atoms with Crippen molar-refractivity contribution < 1.29 is 32.5 Å². The third kappa shape index (κ3) is 5.35. The van der Waals surface area contributed by atoms with Gasteiger partial charge in [0, 0.05) is 11.6 Å². The average Bonchev–Trinajstić information content (AvgIpc) is 2.33. The summed E-state index contributed by atoms with van der Waals surface area (Å²) >= 11 is 0. The first kappa shape index (κ1) is 15.6. The van der Waals surface area contributed by atoms with Gasteiger partial charge in [0.2, 0.25) is 0 Å². The van der Waals surface area contributed by atoms with Crippen LogP contribution in [0.15, 0.2) is 18.2 Å². The zero-order chi connectivity index (χ0) is 14.5. The second-order valence-corrected chi connectivity index (χ2v) is 3.81. The minimum Gasteiger partial charge on any atom is -0.497 e. The molecule has 0 amide bonds. The number of hydrogen-bond acceptors (Lipinski definition) is 4. The molecule has 0 saturated carbocycles. The Bertz CT molecular complexity index is 404. The number of benzene rings is 1. The van der Waals surface area contributed by atoms with Crippen LogP contribution >= 0.6 is 0 Å². The minimum atomic E-state index is -4.40. The van der Waals surface area contributed by atoms with Crippen molar-refractivity contribution in [2.75, 3.05) is 20.5 Å². The average molecular weight is 280 g/mol. The van der Waals surface area contributed by atoms with Gasteiger partial charge in [-0.25, -0.2) is 0 Å². The first-order chi connectivity index (χ1) is 8.83. The smallest absolute Gasteiger partial charge is 0.411 e. The Morgan fingerprint density at radius 2 is 2.00 bits per heavy atom. The van der Waals surface area contributed by atoms with E-state index in [0.717, 1.165) is 0 Å². The monoisotopic (exact) mass is 280 g/mol. The van der Waals surface area contributed by atoms with Gasteiger partial charge >= 0.3 is 6.18 Å². The lowest BCUT2D eigenvalue weighted by atomic mass is 10.1. The second-order valence-electron chi connectivity index (χ2n) is 3.81. The topological polar surface area (TPSA) is 47.9 Å². The van der Waals surface area contributed by atoms with Gasteiger partial charge in [-0.05, 0) is 19.1 Å². The Balaban J connectivity index is 2.65. The molecule has 1 unspecified atom stereocenters. The molecular formula is C12H15F3O4. The van der Waals surface area contributed by atoms with Crippen LogP contribution in [0.3, 0.4) is 0 Å². The number of ether oxygens (including phenoxy) is 3. The fourth-order valence-corrected chi connectivity index (χ4v) is 1.37. The first-order valence-electron chi connectivity index (χ1n) is 5.47. The van der Waals surface area contributed by atoms with E-state index in [2.05, 4.69) is 4.74 Å². The van der Waals surface area contributed by atoms with Gasteiger partial charge in [-0.15, -0.1) is 0 Å². The van der Waals surface area contributed by atoms with E-state index in [1.54, 1.807) is 12.1 Å². The molecule has 1 N–H and O–H groups in total. The highest BCUT2D eigenvalue weighted by molar-refractivity contribution is 5.41. The molecule has 1 atom stereocenters. The molecule has 0 heterocycles. The van der Waals surface area contributed by atoms with Crippen LogP contribution in [-0.4, -0.2) is 31.8 Å². The summed E-state index contributed by atoms with van der Waals surface area (Å²) in [4.78, 5) is 0. The van der Waals surface area contributed by atoms with Crippen molar-refractivity contribution in [3.63, 3.8) is 0 Å². The van der Waals surface area contributed by atoms with Crippen molar-refractivity contribution in [1.82, 2.24) is 0 Å². The third-order valence-electron chi connectivity index (χ3n) is 2.23. The van der Waals surface area contributed by atoms with Crippen LogP contribution in [0.4, 0.5) is 13.2 Å². The molecule has 1 aromatic rings. The molecule has 0 aromatic heterocycles. The molecule has 0 aliphatic heterocycles. The lowest BCUT2D eigenvalue weighted by molar-refractivity contribution is -0.186. The van der Waals surface area contributed by atoms with Crippen molar-refractivity contribution >= 4 is 0 Å². The molecule has 0 bridgehead atoms. The minimum absolute atomic E-state index is 0.219. The molecule has 0 radical (unpaired) electrons. The normalized spacial score (nSPS) is 13.2. The maximum Gasteiger partial charge on any atom is 0.411 e. The van der Waals surface area contributed by atoms with Crippen LogP contribution < -0.4 is 9.47 Å². The zero-order valence-corrected chi connectivity index (χ0v) is 10.5. The number of alkyl halides is 3. The molecule has 19 heavy (non-hydrogen) atoms. The van der Waals surface area contributed by atoms with Crippen LogP contribution in [0.25, 0.3) is 0 Å². The van der Waals surface area contributed by atoms with E-state index in [9.17, 15) is 18.3 Å². The van der Waals surface area contributed by atoms with Crippen LogP contribution in [0.1, 0.15) is 18.6 Å². The number of aliphatic hydroxyl groups is 1. The van der Waals surface area contributed by atoms with Crippen molar-refractivity contribution in [2.24, 2.45) is 0 Å². The molecule has 1 aromatic carbocycles. The van der Waals surface area contributed by atoms with E-state index >= 15 is 0 Å². The molecule has 0 spiro atoms. The Kier molecular flexibility index (Phi) is 5.44. The summed E-state index contributed by atoms with van der Waals surface area (Å²) < 4.78 is 50.0. The standard InChI is InChI=1S/C12H15F3O4/c1-8(16)10-4-3-9(17-2)5-11(10)19-7-18-6-12(13,14)15/h3-5,8,16H,6-7H2,1-2H3. The van der Waals surface area contributed by atoms with Gasteiger partial charge in [-0.1, -0.05) is 0 Å². The van der Waals surface area contributed by atoms with Crippen molar-refractivity contribution in [1.29, 1.82) is 0 Å². The maximum absolute atomic E-state index is 11.9. The molecular weight excluding hydrogens is 265 g/mol. The maximum atomic E-state index is 11.9. The van der Waals surface area contributed by atoms with Crippen LogP contribution in [0.2, 0.25) is 0 Å². The van der Waals surface area contributed by atoms with E-state index in [1.807, 2.05) is 0 Å². The SMILES string of the molecule is COc1ccc(C(C)O)c(OCOCC(F)(F)F)c1. The Labute approximate surface area is 108 Å². The zero-order valence-electron chi connectivity index (χ0n) is 10.5. The van der Waals surface area contributed by atoms with E-state index < -0.39 is 25.7 Å². The molecule has 4 nitrogen and oxygen atoms in total. The Morgan fingerprint density at radius 1 is 1.32 bits per heavy atom. The third-order valence-corrected chi connectivity index (χ3v) is 2.23. The second kappa shape index (κ2) is 6.63. The van der Waals surface area contributed by atoms with Crippen molar-refractivity contribution in [3.8, 4) is 11.5 Å². The summed E-state index contributed by atoms with van der Waals surface area (Å²) in [6.07, 6.45) is -5.21. The van der Waals surface area contributed by atoms with Crippen LogP contribution in [0.5, 0.6) is 11.5 Å². The summed E-state index contributed by atoms with van der Waals surface area (Å²) in [7, 11) is 1.45. The van der Waals surface area contributed by atoms with E-state index in [4.69, 9.17) is 9.47 Å². The van der Waals surface area contributed by atoms with Gasteiger partial charge in [0.1, 0.15) is 18.1 Å². The first-order valence-corrected chi connectivity index (χ1v) is 5.47. The van der Waals surface area contributed by atoms with Gasteiger partial charge < -0.3 is 19.3 Å². The van der Waals surface area contributed by atoms with Crippen molar-refractivity contribution in [3.05, 3.63) is 23.8 Å². The van der Waals surface area contributed by atoms with Crippen LogP contribution in [0, 0.1) is 0 Å². The van der Waals surface area contributed by atoms with Gasteiger partial charge in [0.15, 0.2) is 6.79 Å². The summed E-state index contributed by atoms with van der Waals surface area (Å²) in [6.45, 7) is -0.432. The van der Waals surface area contributed by atoms with Crippen LogP contribution in [-0.2, 0) is 4.74 Å². The van der Waals surface area contributed by atoms with Gasteiger partial charge in [0.05, 0.1) is 13.2 Å². The molecule has 0 fully saturated rings. The van der Waals surface area contributed by atoms with Gasteiger partial charge in [-0.3, -0.25) is 0 Å².